The van der Waals surface area contributed by atoms with Gasteiger partial charge in [-0.3, -0.25) is 9.69 Å². The zero-order chi connectivity index (χ0) is 25.5. The molecule has 192 valence electrons. The van der Waals surface area contributed by atoms with E-state index in [0.29, 0.717) is 19.2 Å². The molecular formula is C28H35FN4O3. The fourth-order valence-corrected chi connectivity index (χ4v) is 4.55. The average Bonchev–Trinajstić information content (AvgIpc) is 3.17. The molecule has 0 saturated carbocycles. The number of nitrogens with zero attached hydrogens (tertiary/aromatic N) is 3. The summed E-state index contributed by atoms with van der Waals surface area (Å²) in [5, 5.41) is 7.55. The van der Waals surface area contributed by atoms with Crippen LogP contribution < -0.4 is 10.1 Å². The number of rotatable bonds is 10. The van der Waals surface area contributed by atoms with Crippen LogP contribution >= 0.6 is 0 Å². The number of benzene rings is 2. The van der Waals surface area contributed by atoms with Crippen molar-refractivity contribution >= 4 is 5.91 Å². The predicted molar refractivity (Wildman–Crippen MR) is 137 cm³/mol. The van der Waals surface area contributed by atoms with E-state index >= 15 is 0 Å². The van der Waals surface area contributed by atoms with Crippen LogP contribution in [-0.2, 0) is 22.5 Å². The van der Waals surface area contributed by atoms with Gasteiger partial charge < -0.3 is 14.8 Å². The van der Waals surface area contributed by atoms with Crippen LogP contribution in [0.5, 0.6) is 5.75 Å². The third-order valence-electron chi connectivity index (χ3n) is 6.76. The number of hydrogen-bond acceptors (Lipinski definition) is 5. The molecule has 0 atom stereocenters. The molecule has 1 N–H and O–H groups in total. The maximum atomic E-state index is 13.3. The number of carbonyl (C=O) groups excluding carboxylic acids is 1. The Morgan fingerprint density at radius 3 is 2.69 bits per heavy atom. The maximum Gasteiger partial charge on any atom is 0.224 e. The molecular weight excluding hydrogens is 459 g/mol. The van der Waals surface area contributed by atoms with Crippen LogP contribution in [0.25, 0.3) is 5.69 Å². The summed E-state index contributed by atoms with van der Waals surface area (Å²) in [6.07, 6.45) is 2.36. The standard InChI is InChI=1S/C28H35FN4O3/c1-20-27(21(2)33(31-20)25-9-7-23(29)8-10-25)18-28(34)30-19-22-5-4-6-26(17-22)36-16-13-32(3)24-11-14-35-15-12-24/h4-10,17,24H,11-16,18-19H2,1-3H3,(H,30,34). The summed E-state index contributed by atoms with van der Waals surface area (Å²) in [7, 11) is 2.14. The van der Waals surface area contributed by atoms with Crippen molar-refractivity contribution in [2.24, 2.45) is 0 Å². The Labute approximate surface area is 212 Å². The van der Waals surface area contributed by atoms with Crippen LogP contribution in [0.15, 0.2) is 48.5 Å². The maximum absolute atomic E-state index is 13.3. The summed E-state index contributed by atoms with van der Waals surface area (Å²) in [6, 6.07) is 14.5. The lowest BCUT2D eigenvalue weighted by molar-refractivity contribution is -0.120. The van der Waals surface area contributed by atoms with Gasteiger partial charge in [0.05, 0.1) is 17.8 Å². The van der Waals surface area contributed by atoms with Crippen molar-refractivity contribution < 1.29 is 18.7 Å². The Morgan fingerprint density at radius 2 is 1.94 bits per heavy atom. The molecule has 36 heavy (non-hydrogen) atoms. The van der Waals surface area contributed by atoms with E-state index < -0.39 is 0 Å². The Hall–Kier alpha value is -3.23. The molecule has 0 bridgehead atoms. The molecule has 0 radical (unpaired) electrons. The van der Waals surface area contributed by atoms with E-state index in [4.69, 9.17) is 9.47 Å². The van der Waals surface area contributed by atoms with Crippen LogP contribution in [0.2, 0.25) is 0 Å². The molecule has 0 unspecified atom stereocenters. The molecule has 1 aliphatic rings. The van der Waals surface area contributed by atoms with Gasteiger partial charge in [-0.15, -0.1) is 0 Å². The van der Waals surface area contributed by atoms with Gasteiger partial charge in [-0.2, -0.15) is 5.10 Å². The summed E-state index contributed by atoms with van der Waals surface area (Å²) in [6.45, 7) is 7.36. The zero-order valence-corrected chi connectivity index (χ0v) is 21.3. The average molecular weight is 495 g/mol. The third kappa shape index (κ3) is 6.71. The van der Waals surface area contributed by atoms with Crippen molar-refractivity contribution in [1.29, 1.82) is 0 Å². The number of hydrogen-bond donors (Lipinski definition) is 1. The summed E-state index contributed by atoms with van der Waals surface area (Å²) in [4.78, 5) is 15.1. The van der Waals surface area contributed by atoms with Crippen molar-refractivity contribution in [3.05, 3.63) is 76.9 Å². The zero-order valence-electron chi connectivity index (χ0n) is 21.3. The van der Waals surface area contributed by atoms with Crippen molar-refractivity contribution in [2.45, 2.75) is 45.7 Å². The summed E-state index contributed by atoms with van der Waals surface area (Å²) < 4.78 is 26.4. The Kier molecular flexibility index (Phi) is 8.72. The molecule has 2 heterocycles. The lowest BCUT2D eigenvalue weighted by atomic mass is 10.1. The number of halogens is 1. The first-order valence-electron chi connectivity index (χ1n) is 12.5. The highest BCUT2D eigenvalue weighted by molar-refractivity contribution is 5.79. The predicted octanol–water partition coefficient (Wildman–Crippen LogP) is 3.98. The molecule has 2 aromatic carbocycles. The van der Waals surface area contributed by atoms with Gasteiger partial charge in [0.25, 0.3) is 0 Å². The van der Waals surface area contributed by atoms with Gasteiger partial charge in [-0.1, -0.05) is 12.1 Å². The first kappa shape index (κ1) is 25.9. The molecule has 1 fully saturated rings. The minimum Gasteiger partial charge on any atom is -0.492 e. The topological polar surface area (TPSA) is 68.6 Å². The smallest absolute Gasteiger partial charge is 0.224 e. The Bertz CT molecular complexity index is 1160. The van der Waals surface area contributed by atoms with Gasteiger partial charge in [0, 0.05) is 43.6 Å². The summed E-state index contributed by atoms with van der Waals surface area (Å²) in [5.74, 6) is 0.426. The van der Waals surface area contributed by atoms with Crippen LogP contribution in [-0.4, -0.2) is 60.0 Å². The van der Waals surface area contributed by atoms with Crippen LogP contribution in [0.4, 0.5) is 4.39 Å². The molecule has 4 rings (SSSR count). The first-order chi connectivity index (χ1) is 17.4. The molecule has 7 nitrogen and oxygen atoms in total. The number of aromatic nitrogens is 2. The third-order valence-corrected chi connectivity index (χ3v) is 6.76. The fourth-order valence-electron chi connectivity index (χ4n) is 4.55. The van der Waals surface area contributed by atoms with Gasteiger partial charge in [0.15, 0.2) is 0 Å². The number of likely N-dealkylation sites (N-methyl/N-ethyl adjacent to an activating group) is 1. The van der Waals surface area contributed by atoms with Gasteiger partial charge in [0.1, 0.15) is 18.2 Å². The van der Waals surface area contributed by atoms with Gasteiger partial charge in [0.2, 0.25) is 5.91 Å². The first-order valence-corrected chi connectivity index (χ1v) is 12.5. The molecule has 3 aromatic rings. The molecule has 0 aliphatic carbocycles. The molecule has 0 spiro atoms. The minimum absolute atomic E-state index is 0.0794. The molecule has 8 heteroatoms. The van der Waals surface area contributed by atoms with Gasteiger partial charge in [-0.25, -0.2) is 9.07 Å². The van der Waals surface area contributed by atoms with Crippen LogP contribution in [0, 0.1) is 19.7 Å². The normalized spacial score (nSPS) is 14.2. The molecule has 1 aliphatic heterocycles. The van der Waals surface area contributed by atoms with E-state index in [1.807, 2.05) is 38.1 Å². The van der Waals surface area contributed by atoms with Crippen molar-refractivity contribution in [3.63, 3.8) is 0 Å². The van der Waals surface area contributed by atoms with Crippen LogP contribution in [0.3, 0.4) is 0 Å². The Morgan fingerprint density at radius 1 is 1.19 bits per heavy atom. The number of carbonyl (C=O) groups is 1. The highest BCUT2D eigenvalue weighted by Crippen LogP contribution is 2.19. The van der Waals surface area contributed by atoms with Crippen molar-refractivity contribution in [3.8, 4) is 11.4 Å². The van der Waals surface area contributed by atoms with E-state index in [9.17, 15) is 9.18 Å². The van der Waals surface area contributed by atoms with Crippen LogP contribution in [0.1, 0.15) is 35.4 Å². The second-order valence-electron chi connectivity index (χ2n) is 9.31. The van der Waals surface area contributed by atoms with E-state index in [-0.39, 0.29) is 18.1 Å². The molecule has 1 aromatic heterocycles. The Balaban J connectivity index is 1.27. The number of aryl methyl sites for hydroxylation is 1. The van der Waals surface area contributed by atoms with Crippen molar-refractivity contribution in [2.75, 3.05) is 33.4 Å². The highest BCUT2D eigenvalue weighted by Gasteiger charge is 2.18. The summed E-state index contributed by atoms with van der Waals surface area (Å²) in [5.41, 5.74) is 4.28. The number of ether oxygens (including phenoxy) is 2. The van der Waals surface area contributed by atoms with Crippen molar-refractivity contribution in [1.82, 2.24) is 20.0 Å². The summed E-state index contributed by atoms with van der Waals surface area (Å²) >= 11 is 0. The van der Waals surface area contributed by atoms with E-state index in [0.717, 1.165) is 66.6 Å². The van der Waals surface area contributed by atoms with E-state index in [1.165, 1.54) is 12.1 Å². The SMILES string of the molecule is Cc1nn(-c2ccc(F)cc2)c(C)c1CC(=O)NCc1cccc(OCCN(C)C2CCOCC2)c1. The molecule has 1 amide bonds. The van der Waals surface area contributed by atoms with E-state index in [2.05, 4.69) is 22.4 Å². The quantitative estimate of drug-likeness (QED) is 0.462. The minimum atomic E-state index is -0.295. The second-order valence-corrected chi connectivity index (χ2v) is 9.31. The number of amides is 1. The lowest BCUT2D eigenvalue weighted by Gasteiger charge is -2.31. The second kappa shape index (κ2) is 12.1. The van der Waals surface area contributed by atoms with Gasteiger partial charge >= 0.3 is 0 Å². The largest absolute Gasteiger partial charge is 0.492 e. The highest BCUT2D eigenvalue weighted by atomic mass is 19.1. The lowest BCUT2D eigenvalue weighted by Crippen LogP contribution is -2.38. The van der Waals surface area contributed by atoms with Gasteiger partial charge in [-0.05, 0) is 75.7 Å². The van der Waals surface area contributed by atoms with E-state index in [1.54, 1.807) is 16.8 Å². The molecule has 1 saturated heterocycles. The number of nitrogens with one attached hydrogen (secondary N) is 1. The monoisotopic (exact) mass is 494 g/mol. The fraction of sp³-hybridized carbons (Fsp3) is 0.429.